The first-order chi connectivity index (χ1) is 6.16. The fraction of sp³-hybridized carbons (Fsp3) is 0.700. The molecule has 2 atom stereocenters. The second-order valence-corrected chi connectivity index (χ2v) is 3.54. The third-order valence-electron chi connectivity index (χ3n) is 2.37. The summed E-state index contributed by atoms with van der Waals surface area (Å²) in [5, 5.41) is 3.27. The fourth-order valence-corrected chi connectivity index (χ4v) is 1.80. The van der Waals surface area contributed by atoms with E-state index >= 15 is 0 Å². The van der Waals surface area contributed by atoms with Crippen molar-refractivity contribution in [3.05, 3.63) is 0 Å². The molecule has 1 fully saturated rings. The minimum absolute atomic E-state index is 0.0731. The molecule has 0 radical (unpaired) electrons. The highest BCUT2D eigenvalue weighted by Gasteiger charge is 2.27. The normalized spacial score (nSPS) is 28.2. The third kappa shape index (κ3) is 2.22. The molecule has 1 aliphatic rings. The Morgan fingerprint density at radius 1 is 1.54 bits per heavy atom. The number of hydrogen-bond acceptors (Lipinski definition) is 2. The number of rotatable bonds is 1. The van der Waals surface area contributed by atoms with Crippen LogP contribution in [0.3, 0.4) is 0 Å². The van der Waals surface area contributed by atoms with Crippen LogP contribution in [0, 0.1) is 12.3 Å². The number of terminal acetylenes is 1. The lowest BCUT2D eigenvalue weighted by atomic mass is 10.1. The molecule has 1 aliphatic heterocycles. The smallest absolute Gasteiger partial charge is 0.235 e. The van der Waals surface area contributed by atoms with E-state index in [9.17, 15) is 4.79 Å². The largest absolute Gasteiger partial charge is 0.334 e. The molecule has 1 saturated heterocycles. The second kappa shape index (κ2) is 4.29. The van der Waals surface area contributed by atoms with Crippen LogP contribution in [-0.4, -0.2) is 36.0 Å². The fourth-order valence-electron chi connectivity index (χ4n) is 1.80. The van der Waals surface area contributed by atoms with Gasteiger partial charge in [0.25, 0.3) is 0 Å². The molecule has 3 nitrogen and oxygen atoms in total. The van der Waals surface area contributed by atoms with Gasteiger partial charge in [-0.05, 0) is 13.8 Å². The summed E-state index contributed by atoms with van der Waals surface area (Å²) in [6.45, 7) is 5.80. The van der Waals surface area contributed by atoms with Gasteiger partial charge in [0.05, 0.1) is 6.42 Å². The summed E-state index contributed by atoms with van der Waals surface area (Å²) in [7, 11) is 0. The van der Waals surface area contributed by atoms with E-state index in [-0.39, 0.29) is 24.4 Å². The van der Waals surface area contributed by atoms with Gasteiger partial charge in [-0.3, -0.25) is 4.79 Å². The first-order valence-electron chi connectivity index (χ1n) is 4.62. The van der Waals surface area contributed by atoms with Gasteiger partial charge >= 0.3 is 0 Å². The highest BCUT2D eigenvalue weighted by Crippen LogP contribution is 2.10. The van der Waals surface area contributed by atoms with Gasteiger partial charge < -0.3 is 10.2 Å². The summed E-state index contributed by atoms with van der Waals surface area (Å²) in [6, 6.07) is 0.509. The van der Waals surface area contributed by atoms with Gasteiger partial charge in [0, 0.05) is 25.2 Å². The van der Waals surface area contributed by atoms with Crippen molar-refractivity contribution < 1.29 is 4.79 Å². The molecule has 2 unspecified atom stereocenters. The Bertz CT molecular complexity index is 222. The lowest BCUT2D eigenvalue weighted by Crippen LogP contribution is -2.57. The number of carbonyl (C=O) groups excluding carboxylic acids is 1. The van der Waals surface area contributed by atoms with Crippen LogP contribution in [0.25, 0.3) is 0 Å². The van der Waals surface area contributed by atoms with Gasteiger partial charge in [0.2, 0.25) is 5.91 Å². The lowest BCUT2D eigenvalue weighted by Gasteiger charge is -2.39. The van der Waals surface area contributed by atoms with Crippen LogP contribution >= 0.6 is 0 Å². The molecule has 0 saturated carbocycles. The maximum Gasteiger partial charge on any atom is 0.235 e. The molecule has 0 spiro atoms. The van der Waals surface area contributed by atoms with Crippen molar-refractivity contribution in [2.45, 2.75) is 32.4 Å². The molecule has 1 heterocycles. The molecule has 0 aliphatic carbocycles. The topological polar surface area (TPSA) is 32.3 Å². The molecule has 1 amide bonds. The Morgan fingerprint density at radius 3 is 2.54 bits per heavy atom. The predicted octanol–water partition coefficient (Wildman–Crippen LogP) is 0.218. The van der Waals surface area contributed by atoms with Crippen molar-refractivity contribution in [2.24, 2.45) is 0 Å². The van der Waals surface area contributed by atoms with Gasteiger partial charge in [0.15, 0.2) is 0 Å². The molecular weight excluding hydrogens is 164 g/mol. The van der Waals surface area contributed by atoms with Crippen LogP contribution in [0.1, 0.15) is 20.3 Å². The third-order valence-corrected chi connectivity index (χ3v) is 2.37. The van der Waals surface area contributed by atoms with Crippen LogP contribution in [0.5, 0.6) is 0 Å². The lowest BCUT2D eigenvalue weighted by molar-refractivity contribution is -0.135. The molecule has 0 aromatic rings. The van der Waals surface area contributed by atoms with E-state index in [2.05, 4.69) is 11.2 Å². The van der Waals surface area contributed by atoms with Crippen LogP contribution in [0.4, 0.5) is 0 Å². The van der Waals surface area contributed by atoms with Gasteiger partial charge in [0.1, 0.15) is 0 Å². The molecule has 13 heavy (non-hydrogen) atoms. The zero-order valence-electron chi connectivity index (χ0n) is 8.21. The van der Waals surface area contributed by atoms with Crippen LogP contribution in [-0.2, 0) is 4.79 Å². The summed E-state index contributed by atoms with van der Waals surface area (Å²) in [5.41, 5.74) is 0. The Kier molecular flexibility index (Phi) is 3.32. The van der Waals surface area contributed by atoms with E-state index in [1.54, 1.807) is 0 Å². The standard InChI is InChI=1S/C10H16N2O/c1-4-5-10(13)12-8(2)6-11-7-9(12)3/h1,8-9,11H,5-7H2,2-3H3. The molecule has 1 rings (SSSR count). The number of nitrogens with zero attached hydrogens (tertiary/aromatic N) is 1. The van der Waals surface area contributed by atoms with Crippen molar-refractivity contribution in [1.29, 1.82) is 0 Å². The number of carbonyl (C=O) groups is 1. The van der Waals surface area contributed by atoms with E-state index in [0.717, 1.165) is 13.1 Å². The highest BCUT2D eigenvalue weighted by molar-refractivity contribution is 5.79. The molecule has 0 aromatic heterocycles. The van der Waals surface area contributed by atoms with Gasteiger partial charge in [-0.25, -0.2) is 0 Å². The first-order valence-corrected chi connectivity index (χ1v) is 4.62. The summed E-state index contributed by atoms with van der Waals surface area (Å²) >= 11 is 0. The van der Waals surface area contributed by atoms with Gasteiger partial charge in [-0.2, -0.15) is 0 Å². The Balaban J connectivity index is 2.63. The maximum atomic E-state index is 11.6. The van der Waals surface area contributed by atoms with Crippen molar-refractivity contribution in [3.63, 3.8) is 0 Å². The number of amides is 1. The summed E-state index contributed by atoms with van der Waals surface area (Å²) in [6.07, 6.45) is 5.33. The number of hydrogen-bond donors (Lipinski definition) is 1. The van der Waals surface area contributed by atoms with E-state index in [4.69, 9.17) is 6.42 Å². The number of piperazine rings is 1. The van der Waals surface area contributed by atoms with E-state index in [1.807, 2.05) is 18.7 Å². The van der Waals surface area contributed by atoms with E-state index in [1.165, 1.54) is 0 Å². The Morgan fingerprint density at radius 2 is 2.08 bits per heavy atom. The molecule has 0 bridgehead atoms. The van der Waals surface area contributed by atoms with Gasteiger partial charge in [-0.15, -0.1) is 6.42 Å². The van der Waals surface area contributed by atoms with E-state index in [0.29, 0.717) is 0 Å². The van der Waals surface area contributed by atoms with Crippen LogP contribution in [0.15, 0.2) is 0 Å². The average Bonchev–Trinajstić information content (AvgIpc) is 2.04. The van der Waals surface area contributed by atoms with Gasteiger partial charge in [-0.1, -0.05) is 5.92 Å². The molecular formula is C10H16N2O. The highest BCUT2D eigenvalue weighted by atomic mass is 16.2. The Labute approximate surface area is 79.5 Å². The van der Waals surface area contributed by atoms with Crippen molar-refractivity contribution >= 4 is 5.91 Å². The zero-order chi connectivity index (χ0) is 9.84. The van der Waals surface area contributed by atoms with Crippen molar-refractivity contribution in [2.75, 3.05) is 13.1 Å². The summed E-state index contributed by atoms with van der Waals surface area (Å²) < 4.78 is 0. The molecule has 0 aromatic carbocycles. The predicted molar refractivity (Wildman–Crippen MR) is 52.1 cm³/mol. The molecule has 1 N–H and O–H groups in total. The molecule has 3 heteroatoms. The summed E-state index contributed by atoms with van der Waals surface area (Å²) in [5.74, 6) is 2.47. The minimum Gasteiger partial charge on any atom is -0.334 e. The first kappa shape index (κ1) is 10.1. The van der Waals surface area contributed by atoms with Crippen LogP contribution < -0.4 is 5.32 Å². The average molecular weight is 180 g/mol. The Hall–Kier alpha value is -1.01. The van der Waals surface area contributed by atoms with Crippen molar-refractivity contribution in [3.8, 4) is 12.3 Å². The monoisotopic (exact) mass is 180 g/mol. The van der Waals surface area contributed by atoms with Crippen molar-refractivity contribution in [1.82, 2.24) is 10.2 Å². The quantitative estimate of drug-likeness (QED) is 0.585. The van der Waals surface area contributed by atoms with Crippen LogP contribution in [0.2, 0.25) is 0 Å². The molecule has 72 valence electrons. The minimum atomic E-state index is 0.0731. The zero-order valence-corrected chi connectivity index (χ0v) is 8.21. The number of nitrogens with one attached hydrogen (secondary N) is 1. The summed E-state index contributed by atoms with van der Waals surface area (Å²) in [4.78, 5) is 13.5. The maximum absolute atomic E-state index is 11.6. The van der Waals surface area contributed by atoms with E-state index < -0.39 is 0 Å². The SMILES string of the molecule is C#CCC(=O)N1C(C)CNCC1C. The second-order valence-electron chi connectivity index (χ2n) is 3.54.